The van der Waals surface area contributed by atoms with E-state index in [0.29, 0.717) is 29.3 Å². The highest BCUT2D eigenvalue weighted by molar-refractivity contribution is 6.04. The molecule has 0 saturated carbocycles. The Hall–Kier alpha value is -4.14. The molecule has 34 heavy (non-hydrogen) atoms. The Morgan fingerprint density at radius 2 is 1.65 bits per heavy atom. The first-order valence-electron chi connectivity index (χ1n) is 10.1. The lowest BCUT2D eigenvalue weighted by molar-refractivity contribution is -0.137. The molecule has 0 aliphatic carbocycles. The van der Waals surface area contributed by atoms with Crippen LogP contribution in [0.15, 0.2) is 72.8 Å². The summed E-state index contributed by atoms with van der Waals surface area (Å²) in [5.41, 5.74) is 1.16. The fraction of sp³-hybridized carbons (Fsp3) is 0.120. The van der Waals surface area contributed by atoms with E-state index in [1.165, 1.54) is 4.68 Å². The molecule has 0 spiro atoms. The number of aryl methyl sites for hydroxylation is 1. The van der Waals surface area contributed by atoms with Crippen molar-refractivity contribution in [3.8, 4) is 22.7 Å². The van der Waals surface area contributed by atoms with Gasteiger partial charge in [0.1, 0.15) is 17.4 Å². The molecule has 4 aromatic rings. The molecule has 0 atom stereocenters. The van der Waals surface area contributed by atoms with Crippen LogP contribution >= 0.6 is 0 Å². The standard InChI is InChI=1S/C25H19F4N3O2/c1-15-3-7-20(8-4-15)32-23(14-22(31-32)16-5-9-21(34-2)10-6-16)30-24(33)17-11-18(25(27,28)29)13-19(26)12-17/h3-14H,1-2H3,(H,30,33). The van der Waals surface area contributed by atoms with Crippen molar-refractivity contribution in [2.24, 2.45) is 0 Å². The van der Waals surface area contributed by atoms with Gasteiger partial charge in [-0.1, -0.05) is 17.7 Å². The Morgan fingerprint density at radius 1 is 0.971 bits per heavy atom. The number of nitrogens with one attached hydrogen (secondary N) is 1. The van der Waals surface area contributed by atoms with Gasteiger partial charge in [0.2, 0.25) is 0 Å². The third-order valence-electron chi connectivity index (χ3n) is 5.10. The number of halogens is 4. The number of anilines is 1. The van der Waals surface area contributed by atoms with E-state index in [-0.39, 0.29) is 5.82 Å². The van der Waals surface area contributed by atoms with Gasteiger partial charge < -0.3 is 10.1 Å². The van der Waals surface area contributed by atoms with Crippen LogP contribution in [0.5, 0.6) is 5.75 Å². The van der Waals surface area contributed by atoms with Gasteiger partial charge in [0.15, 0.2) is 0 Å². The topological polar surface area (TPSA) is 56.1 Å². The van der Waals surface area contributed by atoms with E-state index >= 15 is 0 Å². The van der Waals surface area contributed by atoms with Crippen LogP contribution in [0.25, 0.3) is 16.9 Å². The minimum atomic E-state index is -4.79. The molecule has 0 aliphatic rings. The molecule has 0 aliphatic heterocycles. The van der Waals surface area contributed by atoms with Crippen molar-refractivity contribution in [3.63, 3.8) is 0 Å². The molecular weight excluding hydrogens is 450 g/mol. The van der Waals surface area contributed by atoms with Crippen LogP contribution in [0.4, 0.5) is 23.4 Å². The summed E-state index contributed by atoms with van der Waals surface area (Å²) in [6, 6.07) is 17.7. The Labute approximate surface area is 192 Å². The van der Waals surface area contributed by atoms with E-state index in [1.54, 1.807) is 49.6 Å². The zero-order valence-corrected chi connectivity index (χ0v) is 18.2. The maximum absolute atomic E-state index is 13.8. The summed E-state index contributed by atoms with van der Waals surface area (Å²) < 4.78 is 59.7. The van der Waals surface area contributed by atoms with Crippen LogP contribution in [0.2, 0.25) is 0 Å². The molecule has 0 saturated heterocycles. The summed E-state index contributed by atoms with van der Waals surface area (Å²) in [5, 5.41) is 7.13. The summed E-state index contributed by atoms with van der Waals surface area (Å²) in [4.78, 5) is 12.8. The fourth-order valence-corrected chi connectivity index (χ4v) is 3.33. The Kier molecular flexibility index (Phi) is 6.10. The van der Waals surface area contributed by atoms with Gasteiger partial charge in [-0.3, -0.25) is 4.79 Å². The van der Waals surface area contributed by atoms with Gasteiger partial charge in [-0.2, -0.15) is 18.3 Å². The molecule has 174 valence electrons. The molecule has 1 amide bonds. The maximum atomic E-state index is 13.8. The lowest BCUT2D eigenvalue weighted by atomic mass is 10.1. The summed E-state index contributed by atoms with van der Waals surface area (Å²) in [7, 11) is 1.55. The average Bonchev–Trinajstić information content (AvgIpc) is 3.22. The number of hydrogen-bond donors (Lipinski definition) is 1. The van der Waals surface area contributed by atoms with Crippen molar-refractivity contribution in [1.29, 1.82) is 0 Å². The number of hydrogen-bond acceptors (Lipinski definition) is 3. The average molecular weight is 469 g/mol. The van der Waals surface area contributed by atoms with Crippen LogP contribution in [0, 0.1) is 12.7 Å². The molecule has 4 rings (SSSR count). The van der Waals surface area contributed by atoms with E-state index in [4.69, 9.17) is 4.74 Å². The first kappa shape index (κ1) is 23.0. The molecule has 0 radical (unpaired) electrons. The smallest absolute Gasteiger partial charge is 0.416 e. The number of alkyl halides is 3. The highest BCUT2D eigenvalue weighted by Crippen LogP contribution is 2.31. The zero-order chi connectivity index (χ0) is 24.5. The van der Waals surface area contributed by atoms with Crippen LogP contribution in [0.1, 0.15) is 21.5 Å². The van der Waals surface area contributed by atoms with Crippen molar-refractivity contribution < 1.29 is 27.1 Å². The number of methoxy groups -OCH3 is 1. The summed E-state index contributed by atoms with van der Waals surface area (Å²) >= 11 is 0. The SMILES string of the molecule is COc1ccc(-c2cc(NC(=O)c3cc(F)cc(C(F)(F)F)c3)n(-c3ccc(C)cc3)n2)cc1. The Morgan fingerprint density at radius 3 is 2.26 bits per heavy atom. The Balaban J connectivity index is 1.74. The second kappa shape index (κ2) is 9.01. The number of aromatic nitrogens is 2. The summed E-state index contributed by atoms with van der Waals surface area (Å²) in [6.45, 7) is 1.92. The number of rotatable bonds is 5. The van der Waals surface area contributed by atoms with Crippen molar-refractivity contribution in [1.82, 2.24) is 9.78 Å². The molecule has 5 nitrogen and oxygen atoms in total. The molecular formula is C25H19F4N3O2. The number of amides is 1. The van der Waals surface area contributed by atoms with Gasteiger partial charge in [-0.25, -0.2) is 9.07 Å². The molecule has 0 fully saturated rings. The molecule has 0 unspecified atom stereocenters. The second-order valence-electron chi connectivity index (χ2n) is 7.57. The summed E-state index contributed by atoms with van der Waals surface area (Å²) in [6.07, 6.45) is -4.79. The van der Waals surface area contributed by atoms with E-state index in [0.717, 1.165) is 17.2 Å². The van der Waals surface area contributed by atoms with Crippen molar-refractivity contribution in [3.05, 3.63) is 95.3 Å². The number of carbonyl (C=O) groups is 1. The monoisotopic (exact) mass is 469 g/mol. The molecule has 1 N–H and O–H groups in total. The van der Waals surface area contributed by atoms with E-state index in [2.05, 4.69) is 10.4 Å². The van der Waals surface area contributed by atoms with Gasteiger partial charge >= 0.3 is 6.18 Å². The van der Waals surface area contributed by atoms with Crippen LogP contribution in [-0.4, -0.2) is 22.8 Å². The van der Waals surface area contributed by atoms with Crippen LogP contribution < -0.4 is 10.1 Å². The van der Waals surface area contributed by atoms with Gasteiger partial charge in [-0.05, 0) is 61.5 Å². The minimum absolute atomic E-state index is 0.206. The molecule has 3 aromatic carbocycles. The normalized spacial score (nSPS) is 11.4. The van der Waals surface area contributed by atoms with Gasteiger partial charge in [0.05, 0.1) is 24.1 Å². The van der Waals surface area contributed by atoms with Crippen molar-refractivity contribution >= 4 is 11.7 Å². The van der Waals surface area contributed by atoms with E-state index < -0.39 is 29.0 Å². The predicted molar refractivity (Wildman–Crippen MR) is 120 cm³/mol. The highest BCUT2D eigenvalue weighted by Gasteiger charge is 2.32. The first-order valence-corrected chi connectivity index (χ1v) is 10.1. The Bertz CT molecular complexity index is 1330. The number of nitrogens with zero attached hydrogens (tertiary/aromatic N) is 2. The third-order valence-corrected chi connectivity index (χ3v) is 5.10. The third kappa shape index (κ3) is 4.93. The minimum Gasteiger partial charge on any atom is -0.497 e. The largest absolute Gasteiger partial charge is 0.497 e. The first-order chi connectivity index (χ1) is 16.1. The lowest BCUT2D eigenvalue weighted by Crippen LogP contribution is -2.17. The second-order valence-corrected chi connectivity index (χ2v) is 7.57. The van der Waals surface area contributed by atoms with Crippen molar-refractivity contribution in [2.45, 2.75) is 13.1 Å². The number of carbonyl (C=O) groups excluding carboxylic acids is 1. The van der Waals surface area contributed by atoms with E-state index in [9.17, 15) is 22.4 Å². The number of benzene rings is 3. The predicted octanol–water partition coefficient (Wildman–Crippen LogP) is 6.27. The quantitative estimate of drug-likeness (QED) is 0.351. The van der Waals surface area contributed by atoms with Crippen molar-refractivity contribution in [2.75, 3.05) is 12.4 Å². The summed E-state index contributed by atoms with van der Waals surface area (Å²) in [5.74, 6) is -1.20. The maximum Gasteiger partial charge on any atom is 0.416 e. The lowest BCUT2D eigenvalue weighted by Gasteiger charge is -2.11. The van der Waals surface area contributed by atoms with Gasteiger partial charge in [0.25, 0.3) is 5.91 Å². The fourth-order valence-electron chi connectivity index (χ4n) is 3.33. The van der Waals surface area contributed by atoms with E-state index in [1.807, 2.05) is 19.1 Å². The highest BCUT2D eigenvalue weighted by atomic mass is 19.4. The number of ether oxygens (including phenoxy) is 1. The molecule has 0 bridgehead atoms. The zero-order valence-electron chi connectivity index (χ0n) is 18.2. The molecule has 9 heteroatoms. The van der Waals surface area contributed by atoms with Gasteiger partial charge in [-0.15, -0.1) is 0 Å². The van der Waals surface area contributed by atoms with Crippen LogP contribution in [-0.2, 0) is 6.18 Å². The van der Waals surface area contributed by atoms with Crippen LogP contribution in [0.3, 0.4) is 0 Å². The molecule has 1 heterocycles. The van der Waals surface area contributed by atoms with Gasteiger partial charge in [0, 0.05) is 17.2 Å². The molecule has 1 aromatic heterocycles.